The lowest BCUT2D eigenvalue weighted by Gasteiger charge is -2.09. The summed E-state index contributed by atoms with van der Waals surface area (Å²) < 4.78 is 21.5. The third kappa shape index (κ3) is 3.73. The van der Waals surface area contributed by atoms with E-state index in [-0.39, 0.29) is 17.3 Å². The fraction of sp³-hybridized carbons (Fsp3) is 0.0870. The lowest BCUT2D eigenvalue weighted by molar-refractivity contribution is 0.0734. The van der Waals surface area contributed by atoms with Gasteiger partial charge >= 0.3 is 5.97 Å². The van der Waals surface area contributed by atoms with Gasteiger partial charge in [0.05, 0.1) is 31.0 Å². The van der Waals surface area contributed by atoms with Crippen molar-refractivity contribution in [3.8, 4) is 23.0 Å². The summed E-state index contributed by atoms with van der Waals surface area (Å²) in [6, 6.07) is 14.7. The second-order valence-electron chi connectivity index (χ2n) is 6.31. The quantitative estimate of drug-likeness (QED) is 0.362. The smallest absolute Gasteiger partial charge is 0.343 e. The molecule has 0 fully saturated rings. The van der Waals surface area contributed by atoms with Gasteiger partial charge in [0.15, 0.2) is 17.3 Å². The molecule has 0 N–H and O–H groups in total. The van der Waals surface area contributed by atoms with Crippen LogP contribution in [0.1, 0.15) is 26.4 Å². The van der Waals surface area contributed by atoms with Crippen LogP contribution in [0, 0.1) is 0 Å². The number of esters is 1. The zero-order valence-electron chi connectivity index (χ0n) is 16.2. The van der Waals surface area contributed by atoms with Crippen LogP contribution in [0.25, 0.3) is 6.08 Å². The summed E-state index contributed by atoms with van der Waals surface area (Å²) in [4.78, 5) is 29.2. The van der Waals surface area contributed by atoms with Crippen LogP contribution in [0.4, 0.5) is 0 Å². The first kappa shape index (κ1) is 19.2. The number of benzene rings is 2. The van der Waals surface area contributed by atoms with Crippen LogP contribution < -0.4 is 18.9 Å². The molecule has 150 valence electrons. The van der Waals surface area contributed by atoms with E-state index in [2.05, 4.69) is 4.98 Å². The van der Waals surface area contributed by atoms with E-state index in [9.17, 15) is 9.59 Å². The number of hydrogen-bond acceptors (Lipinski definition) is 7. The lowest BCUT2D eigenvalue weighted by Crippen LogP contribution is -2.09. The van der Waals surface area contributed by atoms with Gasteiger partial charge in [-0.1, -0.05) is 6.07 Å². The van der Waals surface area contributed by atoms with Crippen molar-refractivity contribution >= 4 is 17.8 Å². The zero-order valence-corrected chi connectivity index (χ0v) is 16.2. The molecule has 0 saturated heterocycles. The molecule has 3 aromatic rings. The van der Waals surface area contributed by atoms with Gasteiger partial charge in [0.2, 0.25) is 5.78 Å². The van der Waals surface area contributed by atoms with Gasteiger partial charge in [-0.05, 0) is 42.5 Å². The number of fused-ring (bicyclic) bond motifs is 1. The minimum Gasteiger partial charge on any atom is -0.493 e. The van der Waals surface area contributed by atoms with Gasteiger partial charge < -0.3 is 18.9 Å². The van der Waals surface area contributed by atoms with Crippen molar-refractivity contribution in [3.63, 3.8) is 0 Å². The summed E-state index contributed by atoms with van der Waals surface area (Å²) in [5.74, 6) is 0.815. The summed E-state index contributed by atoms with van der Waals surface area (Å²) in [6.07, 6.45) is 3.20. The van der Waals surface area contributed by atoms with Crippen molar-refractivity contribution in [1.29, 1.82) is 0 Å². The molecule has 1 aromatic heterocycles. The topological polar surface area (TPSA) is 84.0 Å². The molecule has 0 atom stereocenters. The highest BCUT2D eigenvalue weighted by Crippen LogP contribution is 2.35. The minimum absolute atomic E-state index is 0.159. The zero-order chi connectivity index (χ0) is 21.1. The highest BCUT2D eigenvalue weighted by atomic mass is 16.5. The van der Waals surface area contributed by atoms with E-state index in [1.807, 2.05) is 6.07 Å². The molecule has 1 aliphatic heterocycles. The SMILES string of the molecule is COc1ccc(C(=O)Oc2ccc3c(c2)O/C(=C\c2ccccn2)C3=O)cc1OC. The van der Waals surface area contributed by atoms with Gasteiger partial charge in [0.25, 0.3) is 0 Å². The average Bonchev–Trinajstić information content (AvgIpc) is 3.08. The van der Waals surface area contributed by atoms with E-state index in [1.165, 1.54) is 26.4 Å². The molecule has 7 heteroatoms. The van der Waals surface area contributed by atoms with Gasteiger partial charge in [-0.2, -0.15) is 0 Å². The predicted molar refractivity (Wildman–Crippen MR) is 108 cm³/mol. The Morgan fingerprint density at radius 3 is 2.57 bits per heavy atom. The van der Waals surface area contributed by atoms with Crippen LogP contribution in [0.2, 0.25) is 0 Å². The van der Waals surface area contributed by atoms with Crippen LogP contribution in [0.15, 0.2) is 66.6 Å². The van der Waals surface area contributed by atoms with Gasteiger partial charge in [0.1, 0.15) is 11.5 Å². The fourth-order valence-electron chi connectivity index (χ4n) is 2.96. The predicted octanol–water partition coefficient (Wildman–Crippen LogP) is 3.93. The molecule has 0 radical (unpaired) electrons. The minimum atomic E-state index is -0.579. The van der Waals surface area contributed by atoms with E-state index in [0.717, 1.165) is 0 Å². The first-order valence-corrected chi connectivity index (χ1v) is 9.02. The lowest BCUT2D eigenvalue weighted by atomic mass is 10.1. The number of carbonyl (C=O) groups excluding carboxylic acids is 2. The number of allylic oxidation sites excluding steroid dienone is 1. The Bertz CT molecular complexity index is 1150. The number of nitrogens with zero attached hydrogens (tertiary/aromatic N) is 1. The summed E-state index contributed by atoms with van der Waals surface area (Å²) in [6.45, 7) is 0. The average molecular weight is 403 g/mol. The molecule has 30 heavy (non-hydrogen) atoms. The maximum atomic E-state index is 12.5. The highest BCUT2D eigenvalue weighted by Gasteiger charge is 2.28. The summed E-state index contributed by atoms with van der Waals surface area (Å²) in [5.41, 5.74) is 1.29. The third-order valence-corrected chi connectivity index (χ3v) is 4.44. The number of methoxy groups -OCH3 is 2. The summed E-state index contributed by atoms with van der Waals surface area (Å²) in [7, 11) is 3.00. The molecular weight excluding hydrogens is 386 g/mol. The first-order chi connectivity index (χ1) is 14.6. The molecular formula is C23H17NO6. The van der Waals surface area contributed by atoms with E-state index in [4.69, 9.17) is 18.9 Å². The largest absolute Gasteiger partial charge is 0.493 e. The Labute approximate surface area is 172 Å². The molecule has 2 heterocycles. The number of carbonyl (C=O) groups is 2. The van der Waals surface area contributed by atoms with Crippen molar-refractivity contribution in [2.75, 3.05) is 14.2 Å². The van der Waals surface area contributed by atoms with Crippen LogP contribution >= 0.6 is 0 Å². The second kappa shape index (κ2) is 8.08. The van der Waals surface area contributed by atoms with E-state index < -0.39 is 5.97 Å². The van der Waals surface area contributed by atoms with Crippen LogP contribution in [0.5, 0.6) is 23.0 Å². The molecule has 4 rings (SSSR count). The van der Waals surface area contributed by atoms with Crippen molar-refractivity contribution in [1.82, 2.24) is 4.98 Å². The number of aromatic nitrogens is 1. The Kier molecular flexibility index (Phi) is 5.17. The monoisotopic (exact) mass is 403 g/mol. The van der Waals surface area contributed by atoms with Gasteiger partial charge in [0, 0.05) is 18.3 Å². The van der Waals surface area contributed by atoms with E-state index in [0.29, 0.717) is 34.1 Å². The number of hydrogen-bond donors (Lipinski definition) is 0. The molecule has 2 aromatic carbocycles. The van der Waals surface area contributed by atoms with Crippen molar-refractivity contribution in [2.45, 2.75) is 0 Å². The Morgan fingerprint density at radius 2 is 1.83 bits per heavy atom. The van der Waals surface area contributed by atoms with Crippen molar-refractivity contribution in [2.24, 2.45) is 0 Å². The number of ether oxygens (including phenoxy) is 4. The maximum absolute atomic E-state index is 12.5. The van der Waals surface area contributed by atoms with Gasteiger partial charge in [-0.3, -0.25) is 9.78 Å². The normalized spacial score (nSPS) is 13.5. The van der Waals surface area contributed by atoms with Crippen LogP contribution in [0.3, 0.4) is 0 Å². The molecule has 0 aliphatic carbocycles. The molecule has 1 aliphatic rings. The highest BCUT2D eigenvalue weighted by molar-refractivity contribution is 6.14. The van der Waals surface area contributed by atoms with E-state index in [1.54, 1.807) is 48.7 Å². The maximum Gasteiger partial charge on any atom is 0.343 e. The fourth-order valence-corrected chi connectivity index (χ4v) is 2.96. The van der Waals surface area contributed by atoms with E-state index >= 15 is 0 Å². The third-order valence-electron chi connectivity index (χ3n) is 4.44. The van der Waals surface area contributed by atoms with Crippen LogP contribution in [-0.2, 0) is 0 Å². The number of rotatable bonds is 5. The summed E-state index contributed by atoms with van der Waals surface area (Å²) in [5, 5.41) is 0. The van der Waals surface area contributed by atoms with Gasteiger partial charge in [-0.15, -0.1) is 0 Å². The second-order valence-corrected chi connectivity index (χ2v) is 6.31. The first-order valence-electron chi connectivity index (χ1n) is 9.02. The van der Waals surface area contributed by atoms with Gasteiger partial charge in [-0.25, -0.2) is 4.79 Å². The van der Waals surface area contributed by atoms with Crippen molar-refractivity contribution < 1.29 is 28.5 Å². The molecule has 0 amide bonds. The molecule has 7 nitrogen and oxygen atoms in total. The Morgan fingerprint density at radius 1 is 1.00 bits per heavy atom. The number of ketones is 1. The van der Waals surface area contributed by atoms with Crippen molar-refractivity contribution in [3.05, 3.63) is 83.4 Å². The Balaban J connectivity index is 1.54. The molecule has 0 saturated carbocycles. The molecule has 0 unspecified atom stereocenters. The van der Waals surface area contributed by atoms with Crippen LogP contribution in [-0.4, -0.2) is 31.0 Å². The standard InChI is InChI=1S/C23H17NO6/c1-27-18-9-6-14(11-20(18)28-2)23(26)29-16-7-8-17-19(13-16)30-21(22(17)25)12-15-5-3-4-10-24-15/h3-13H,1-2H3/b21-12-. The molecule has 0 bridgehead atoms. The number of Topliss-reactive ketones (excluding diaryl/α,β-unsaturated/α-hetero) is 1. The Hall–Kier alpha value is -4.13. The summed E-state index contributed by atoms with van der Waals surface area (Å²) >= 11 is 0. The number of pyridine rings is 1. The molecule has 0 spiro atoms.